The molecule has 1 fully saturated rings. The Morgan fingerprint density at radius 3 is 2.72 bits per heavy atom. The summed E-state index contributed by atoms with van der Waals surface area (Å²) in [6.07, 6.45) is -0.958. The fraction of sp³-hybridized carbons (Fsp3) is 0.909. The number of ether oxygens (including phenoxy) is 1. The average molecular weight is 288 g/mol. The fourth-order valence-corrected chi connectivity index (χ4v) is 2.34. The van der Waals surface area contributed by atoms with Crippen molar-refractivity contribution in [1.29, 1.82) is 0 Å². The van der Waals surface area contributed by atoms with Crippen LogP contribution in [0.25, 0.3) is 0 Å². The Bertz CT molecular complexity index is 272. The van der Waals surface area contributed by atoms with E-state index in [0.717, 1.165) is 19.3 Å². The smallest absolute Gasteiger partial charge is 0.362 e. The van der Waals surface area contributed by atoms with Crippen LogP contribution in [0.2, 0.25) is 0 Å². The SMILES string of the molecule is O=C(COCC(F)(F)F)N1CCCCC1CCCl. The predicted molar refractivity (Wildman–Crippen MR) is 61.6 cm³/mol. The van der Waals surface area contributed by atoms with Crippen LogP contribution in [0.1, 0.15) is 25.7 Å². The van der Waals surface area contributed by atoms with Gasteiger partial charge in [-0.15, -0.1) is 11.6 Å². The summed E-state index contributed by atoms with van der Waals surface area (Å²) in [4.78, 5) is 13.4. The van der Waals surface area contributed by atoms with Crippen molar-refractivity contribution in [3.63, 3.8) is 0 Å². The Morgan fingerprint density at radius 2 is 2.11 bits per heavy atom. The number of alkyl halides is 4. The quantitative estimate of drug-likeness (QED) is 0.728. The molecule has 1 unspecified atom stereocenters. The second-order valence-corrected chi connectivity index (χ2v) is 4.70. The third kappa shape index (κ3) is 5.44. The van der Waals surface area contributed by atoms with Gasteiger partial charge in [0, 0.05) is 18.5 Å². The first-order valence-electron chi connectivity index (χ1n) is 5.94. The minimum absolute atomic E-state index is 0.0400. The molecule has 1 rings (SSSR count). The number of hydrogen-bond acceptors (Lipinski definition) is 2. The molecule has 1 atom stereocenters. The van der Waals surface area contributed by atoms with E-state index in [-0.39, 0.29) is 11.9 Å². The van der Waals surface area contributed by atoms with Gasteiger partial charge in [0.05, 0.1) is 0 Å². The van der Waals surface area contributed by atoms with Crippen molar-refractivity contribution >= 4 is 17.5 Å². The normalized spacial score (nSPS) is 21.1. The maximum absolute atomic E-state index is 11.9. The van der Waals surface area contributed by atoms with Crippen molar-refractivity contribution in [2.75, 3.05) is 25.6 Å². The number of piperidine rings is 1. The number of amides is 1. The second kappa shape index (κ2) is 7.19. The number of halogens is 4. The Balaban J connectivity index is 2.38. The van der Waals surface area contributed by atoms with Gasteiger partial charge < -0.3 is 9.64 Å². The van der Waals surface area contributed by atoms with Gasteiger partial charge in [-0.25, -0.2) is 0 Å². The highest BCUT2D eigenvalue weighted by Crippen LogP contribution is 2.20. The summed E-state index contributed by atoms with van der Waals surface area (Å²) in [6, 6.07) is 0.0400. The van der Waals surface area contributed by atoms with E-state index in [0.29, 0.717) is 18.8 Å². The fourth-order valence-electron chi connectivity index (χ4n) is 2.09. The van der Waals surface area contributed by atoms with E-state index in [1.165, 1.54) is 0 Å². The minimum Gasteiger partial charge on any atom is -0.362 e. The number of likely N-dealkylation sites (tertiary alicyclic amines) is 1. The maximum atomic E-state index is 11.9. The molecule has 1 amide bonds. The second-order valence-electron chi connectivity index (χ2n) is 4.32. The third-order valence-electron chi connectivity index (χ3n) is 2.88. The highest BCUT2D eigenvalue weighted by atomic mass is 35.5. The molecule has 3 nitrogen and oxygen atoms in total. The summed E-state index contributed by atoms with van der Waals surface area (Å²) in [5.74, 6) is 0.0618. The van der Waals surface area contributed by atoms with Gasteiger partial charge in [0.1, 0.15) is 13.2 Å². The third-order valence-corrected chi connectivity index (χ3v) is 3.10. The van der Waals surface area contributed by atoms with Crippen LogP contribution < -0.4 is 0 Å². The van der Waals surface area contributed by atoms with Crippen LogP contribution in [0.3, 0.4) is 0 Å². The average Bonchev–Trinajstić information content (AvgIpc) is 2.28. The number of carbonyl (C=O) groups is 1. The Hall–Kier alpha value is -0.490. The molecule has 0 bridgehead atoms. The van der Waals surface area contributed by atoms with Gasteiger partial charge in [-0.1, -0.05) is 0 Å². The molecule has 0 spiro atoms. The minimum atomic E-state index is -4.39. The molecule has 0 saturated carbocycles. The molecule has 0 aromatic carbocycles. The summed E-state index contributed by atoms with van der Waals surface area (Å²) in [5.41, 5.74) is 0. The van der Waals surface area contributed by atoms with Crippen LogP contribution >= 0.6 is 11.6 Å². The first kappa shape index (κ1) is 15.6. The molecule has 0 radical (unpaired) electrons. The Labute approximate surface area is 109 Å². The van der Waals surface area contributed by atoms with Gasteiger partial charge in [0.2, 0.25) is 5.91 Å². The molecule has 1 saturated heterocycles. The molecule has 0 aromatic heterocycles. The van der Waals surface area contributed by atoms with Gasteiger partial charge in [-0.3, -0.25) is 4.79 Å². The first-order chi connectivity index (χ1) is 8.44. The summed E-state index contributed by atoms with van der Waals surface area (Å²) in [6.45, 7) is -1.32. The van der Waals surface area contributed by atoms with E-state index in [9.17, 15) is 18.0 Å². The lowest BCUT2D eigenvalue weighted by molar-refractivity contribution is -0.178. The zero-order valence-corrected chi connectivity index (χ0v) is 10.8. The summed E-state index contributed by atoms with van der Waals surface area (Å²) < 4.78 is 40.0. The van der Waals surface area contributed by atoms with Crippen molar-refractivity contribution in [3.8, 4) is 0 Å². The zero-order chi connectivity index (χ0) is 13.6. The molecule has 0 N–H and O–H groups in total. The number of hydrogen-bond donors (Lipinski definition) is 0. The van der Waals surface area contributed by atoms with Crippen LogP contribution in [0.5, 0.6) is 0 Å². The molecule has 1 aliphatic heterocycles. The van der Waals surface area contributed by atoms with Gasteiger partial charge in [-0.05, 0) is 25.7 Å². The summed E-state index contributed by atoms with van der Waals surface area (Å²) in [7, 11) is 0. The largest absolute Gasteiger partial charge is 0.411 e. The van der Waals surface area contributed by atoms with E-state index >= 15 is 0 Å². The van der Waals surface area contributed by atoms with Gasteiger partial charge >= 0.3 is 6.18 Å². The lowest BCUT2D eigenvalue weighted by Gasteiger charge is -2.35. The summed E-state index contributed by atoms with van der Waals surface area (Å²) >= 11 is 5.65. The van der Waals surface area contributed by atoms with Crippen molar-refractivity contribution in [1.82, 2.24) is 4.90 Å². The van der Waals surface area contributed by atoms with Crippen LogP contribution in [0.15, 0.2) is 0 Å². The standard InChI is InChI=1S/C11H17ClF3NO2/c12-5-4-9-3-1-2-6-16(9)10(17)7-18-8-11(13,14)15/h9H,1-8H2. The topological polar surface area (TPSA) is 29.5 Å². The number of rotatable bonds is 5. The molecule has 18 heavy (non-hydrogen) atoms. The van der Waals surface area contributed by atoms with E-state index in [2.05, 4.69) is 4.74 Å². The van der Waals surface area contributed by atoms with Crippen molar-refractivity contribution < 1.29 is 22.7 Å². The molecular formula is C11H17ClF3NO2. The van der Waals surface area contributed by atoms with E-state index < -0.39 is 19.4 Å². The molecule has 7 heteroatoms. The molecule has 0 aromatic rings. The van der Waals surface area contributed by atoms with E-state index in [1.54, 1.807) is 4.90 Å². The monoisotopic (exact) mass is 287 g/mol. The van der Waals surface area contributed by atoms with Gasteiger partial charge in [-0.2, -0.15) is 13.2 Å². The van der Waals surface area contributed by atoms with Crippen LogP contribution in [0, 0.1) is 0 Å². The first-order valence-corrected chi connectivity index (χ1v) is 6.47. The van der Waals surface area contributed by atoms with Crippen molar-refractivity contribution in [3.05, 3.63) is 0 Å². The molecule has 1 heterocycles. The van der Waals surface area contributed by atoms with E-state index in [4.69, 9.17) is 11.6 Å². The highest BCUT2D eigenvalue weighted by molar-refractivity contribution is 6.17. The van der Waals surface area contributed by atoms with Crippen molar-refractivity contribution in [2.24, 2.45) is 0 Å². The molecule has 106 valence electrons. The predicted octanol–water partition coefficient (Wildman–Crippen LogP) is 2.58. The Kier molecular flexibility index (Phi) is 6.21. The van der Waals surface area contributed by atoms with Crippen LogP contribution in [0.4, 0.5) is 13.2 Å². The van der Waals surface area contributed by atoms with Gasteiger partial charge in [0.15, 0.2) is 0 Å². The molecular weight excluding hydrogens is 271 g/mol. The number of nitrogens with zero attached hydrogens (tertiary/aromatic N) is 1. The summed E-state index contributed by atoms with van der Waals surface area (Å²) in [5, 5.41) is 0. The van der Waals surface area contributed by atoms with E-state index in [1.807, 2.05) is 0 Å². The maximum Gasteiger partial charge on any atom is 0.411 e. The lowest BCUT2D eigenvalue weighted by Crippen LogP contribution is -2.45. The van der Waals surface area contributed by atoms with Crippen LogP contribution in [-0.2, 0) is 9.53 Å². The zero-order valence-electron chi connectivity index (χ0n) is 10.0. The molecule has 0 aliphatic carbocycles. The van der Waals surface area contributed by atoms with Crippen molar-refractivity contribution in [2.45, 2.75) is 37.9 Å². The Morgan fingerprint density at radius 1 is 1.39 bits per heavy atom. The number of carbonyl (C=O) groups excluding carboxylic acids is 1. The van der Waals surface area contributed by atoms with Gasteiger partial charge in [0.25, 0.3) is 0 Å². The van der Waals surface area contributed by atoms with Crippen LogP contribution in [-0.4, -0.2) is 48.7 Å². The molecule has 1 aliphatic rings. The lowest BCUT2D eigenvalue weighted by atomic mass is 10.00. The highest BCUT2D eigenvalue weighted by Gasteiger charge is 2.30.